The smallest absolute Gasteiger partial charge is 0.152 e. The maximum atomic E-state index is 11.6. The first-order valence-electron chi connectivity index (χ1n) is 7.04. The van der Waals surface area contributed by atoms with E-state index in [0.717, 1.165) is 45.5 Å². The molecular formula is C13H26N2O3S. The number of sulfone groups is 1. The Morgan fingerprint density at radius 1 is 1.26 bits per heavy atom. The minimum Gasteiger partial charge on any atom is -0.384 e. The van der Waals surface area contributed by atoms with Gasteiger partial charge in [0.2, 0.25) is 0 Å². The molecular weight excluding hydrogens is 264 g/mol. The molecule has 2 rings (SSSR count). The van der Waals surface area contributed by atoms with Crippen molar-refractivity contribution >= 4 is 9.84 Å². The topological polar surface area (TPSA) is 67.4 Å². The number of methoxy groups -OCH3 is 1. The van der Waals surface area contributed by atoms with E-state index in [1.54, 1.807) is 7.11 Å². The molecule has 112 valence electrons. The Kier molecular flexibility index (Phi) is 4.55. The molecule has 2 aliphatic rings. The van der Waals surface area contributed by atoms with E-state index in [0.29, 0.717) is 5.75 Å². The maximum absolute atomic E-state index is 11.6. The molecule has 2 aliphatic heterocycles. The highest BCUT2D eigenvalue weighted by atomic mass is 32.2. The summed E-state index contributed by atoms with van der Waals surface area (Å²) in [5.41, 5.74) is -0.111. The molecule has 19 heavy (non-hydrogen) atoms. The van der Waals surface area contributed by atoms with Gasteiger partial charge in [0.15, 0.2) is 9.84 Å². The summed E-state index contributed by atoms with van der Waals surface area (Å²) in [7, 11) is -1.10. The second-order valence-electron chi connectivity index (χ2n) is 6.44. The van der Waals surface area contributed by atoms with Crippen molar-refractivity contribution in [3.63, 3.8) is 0 Å². The Bertz CT molecular complexity index is 399. The fourth-order valence-corrected chi connectivity index (χ4v) is 5.31. The van der Waals surface area contributed by atoms with Gasteiger partial charge in [-0.05, 0) is 39.3 Å². The van der Waals surface area contributed by atoms with Gasteiger partial charge in [0.1, 0.15) is 0 Å². The molecule has 2 fully saturated rings. The number of hydrogen-bond acceptors (Lipinski definition) is 5. The average Bonchev–Trinajstić information content (AvgIpc) is 2.64. The van der Waals surface area contributed by atoms with E-state index >= 15 is 0 Å². The van der Waals surface area contributed by atoms with Gasteiger partial charge in [-0.3, -0.25) is 0 Å². The summed E-state index contributed by atoms with van der Waals surface area (Å²) in [5.74, 6) is 0.580. The van der Waals surface area contributed by atoms with Crippen LogP contribution in [0.4, 0.5) is 0 Å². The molecule has 0 aromatic rings. The molecule has 0 bridgehead atoms. The maximum Gasteiger partial charge on any atom is 0.152 e. The Balaban J connectivity index is 1.95. The first kappa shape index (κ1) is 15.2. The van der Waals surface area contributed by atoms with E-state index < -0.39 is 9.84 Å². The van der Waals surface area contributed by atoms with Gasteiger partial charge >= 0.3 is 0 Å². The second-order valence-corrected chi connectivity index (χ2v) is 8.62. The lowest BCUT2D eigenvalue weighted by Crippen LogP contribution is -2.52. The molecule has 2 heterocycles. The van der Waals surface area contributed by atoms with E-state index in [1.165, 1.54) is 0 Å². The molecule has 6 heteroatoms. The number of piperidine rings is 1. The summed E-state index contributed by atoms with van der Waals surface area (Å²) in [6.45, 7) is 5.64. The van der Waals surface area contributed by atoms with E-state index in [-0.39, 0.29) is 16.7 Å². The normalized spacial score (nSPS) is 33.4. The fourth-order valence-electron chi connectivity index (χ4n) is 3.19. The lowest BCUT2D eigenvalue weighted by molar-refractivity contribution is 0.0484. The van der Waals surface area contributed by atoms with Crippen LogP contribution < -0.4 is 10.6 Å². The standard InChI is InChI=1S/C13H26N2O3S/c1-12(5-8-19(16,17)11-12)15-9-13(10-18-2)3-6-14-7-4-13/h14-15H,3-11H2,1-2H3. The molecule has 0 radical (unpaired) electrons. The lowest BCUT2D eigenvalue weighted by atomic mass is 9.79. The highest BCUT2D eigenvalue weighted by Gasteiger charge is 2.40. The van der Waals surface area contributed by atoms with Gasteiger partial charge in [0.25, 0.3) is 0 Å². The SMILES string of the molecule is COCC1(CNC2(C)CCS(=O)(=O)C2)CCNCC1. The molecule has 2 N–H and O–H groups in total. The van der Waals surface area contributed by atoms with Crippen molar-refractivity contribution < 1.29 is 13.2 Å². The summed E-state index contributed by atoms with van der Waals surface area (Å²) in [5, 5.41) is 6.89. The van der Waals surface area contributed by atoms with Crippen LogP contribution >= 0.6 is 0 Å². The predicted molar refractivity (Wildman–Crippen MR) is 76.1 cm³/mol. The zero-order chi connectivity index (χ0) is 14.0. The molecule has 5 nitrogen and oxygen atoms in total. The number of rotatable bonds is 5. The van der Waals surface area contributed by atoms with E-state index in [9.17, 15) is 8.42 Å². The van der Waals surface area contributed by atoms with Crippen molar-refractivity contribution in [1.29, 1.82) is 0 Å². The first-order valence-corrected chi connectivity index (χ1v) is 8.86. The van der Waals surface area contributed by atoms with Crippen LogP contribution in [-0.4, -0.2) is 58.8 Å². The van der Waals surface area contributed by atoms with Crippen LogP contribution in [0, 0.1) is 5.41 Å². The third kappa shape index (κ3) is 3.90. The van der Waals surface area contributed by atoms with Crippen molar-refractivity contribution in [1.82, 2.24) is 10.6 Å². The molecule has 0 aliphatic carbocycles. The molecule has 2 saturated heterocycles. The molecule has 0 aromatic heterocycles. The molecule has 0 saturated carbocycles. The van der Waals surface area contributed by atoms with Crippen molar-refractivity contribution in [2.75, 3.05) is 44.9 Å². The van der Waals surface area contributed by atoms with Crippen molar-refractivity contribution in [3.05, 3.63) is 0 Å². The molecule has 1 atom stereocenters. The van der Waals surface area contributed by atoms with Crippen LogP contribution in [0.3, 0.4) is 0 Å². The third-order valence-electron chi connectivity index (χ3n) is 4.51. The van der Waals surface area contributed by atoms with Crippen LogP contribution in [0.2, 0.25) is 0 Å². The van der Waals surface area contributed by atoms with Crippen molar-refractivity contribution in [2.45, 2.75) is 31.7 Å². The molecule has 0 aromatic carbocycles. The minimum atomic E-state index is -2.85. The monoisotopic (exact) mass is 290 g/mol. The first-order chi connectivity index (χ1) is 8.89. The number of ether oxygens (including phenoxy) is 1. The van der Waals surface area contributed by atoms with Gasteiger partial charge in [0.05, 0.1) is 18.1 Å². The average molecular weight is 290 g/mol. The third-order valence-corrected chi connectivity index (χ3v) is 6.41. The number of nitrogens with one attached hydrogen (secondary N) is 2. The molecule has 0 spiro atoms. The summed E-state index contributed by atoms with van der Waals surface area (Å²) >= 11 is 0. The zero-order valence-electron chi connectivity index (χ0n) is 12.0. The Labute approximate surface area is 116 Å². The van der Waals surface area contributed by atoms with E-state index in [4.69, 9.17) is 4.74 Å². The summed E-state index contributed by atoms with van der Waals surface area (Å²) in [6.07, 6.45) is 2.88. The largest absolute Gasteiger partial charge is 0.384 e. The van der Waals surface area contributed by atoms with E-state index in [1.807, 2.05) is 6.92 Å². The van der Waals surface area contributed by atoms with Gasteiger partial charge in [-0.25, -0.2) is 8.42 Å². The second kappa shape index (κ2) is 5.68. The summed E-state index contributed by atoms with van der Waals surface area (Å²) in [4.78, 5) is 0. The van der Waals surface area contributed by atoms with Crippen molar-refractivity contribution in [2.24, 2.45) is 5.41 Å². The van der Waals surface area contributed by atoms with Gasteiger partial charge in [-0.15, -0.1) is 0 Å². The van der Waals surface area contributed by atoms with Gasteiger partial charge in [-0.1, -0.05) is 0 Å². The minimum absolute atomic E-state index is 0.148. The summed E-state index contributed by atoms with van der Waals surface area (Å²) in [6, 6.07) is 0. The van der Waals surface area contributed by atoms with Crippen LogP contribution in [-0.2, 0) is 14.6 Å². The lowest BCUT2D eigenvalue weighted by Gasteiger charge is -2.40. The van der Waals surface area contributed by atoms with Crippen LogP contribution in [0.15, 0.2) is 0 Å². The van der Waals surface area contributed by atoms with Gasteiger partial charge in [0, 0.05) is 24.6 Å². The van der Waals surface area contributed by atoms with Crippen molar-refractivity contribution in [3.8, 4) is 0 Å². The van der Waals surface area contributed by atoms with Gasteiger partial charge < -0.3 is 15.4 Å². The van der Waals surface area contributed by atoms with Crippen LogP contribution in [0.25, 0.3) is 0 Å². The predicted octanol–water partition coefficient (Wildman–Crippen LogP) is 0.169. The molecule has 1 unspecified atom stereocenters. The summed E-state index contributed by atoms with van der Waals surface area (Å²) < 4.78 is 28.6. The van der Waals surface area contributed by atoms with Crippen LogP contribution in [0.5, 0.6) is 0 Å². The van der Waals surface area contributed by atoms with Crippen LogP contribution in [0.1, 0.15) is 26.2 Å². The quantitative estimate of drug-likeness (QED) is 0.755. The Morgan fingerprint density at radius 2 is 1.95 bits per heavy atom. The Morgan fingerprint density at radius 3 is 2.47 bits per heavy atom. The van der Waals surface area contributed by atoms with Gasteiger partial charge in [-0.2, -0.15) is 0 Å². The fraction of sp³-hybridized carbons (Fsp3) is 1.00. The Hall–Kier alpha value is -0.170. The highest BCUT2D eigenvalue weighted by Crippen LogP contribution is 2.30. The number of hydrogen-bond donors (Lipinski definition) is 2. The zero-order valence-corrected chi connectivity index (χ0v) is 12.8. The highest BCUT2D eigenvalue weighted by molar-refractivity contribution is 7.91. The van der Waals surface area contributed by atoms with E-state index in [2.05, 4.69) is 10.6 Å². The molecule has 0 amide bonds.